The van der Waals surface area contributed by atoms with E-state index in [1.54, 1.807) is 0 Å². The molecule has 1 aromatic heterocycles. The molecular formula is C9H11NO5. The molecule has 0 bridgehead atoms. The number of hydrogen-bond donors (Lipinski definition) is 2. The minimum absolute atomic E-state index is 0.145. The summed E-state index contributed by atoms with van der Waals surface area (Å²) in [6, 6.07) is 0.318. The molecule has 0 saturated carbocycles. The van der Waals surface area contributed by atoms with Crippen LogP contribution in [0, 0.1) is 0 Å². The zero-order valence-corrected chi connectivity index (χ0v) is 8.10. The summed E-state index contributed by atoms with van der Waals surface area (Å²) in [7, 11) is 0. The lowest BCUT2D eigenvalue weighted by Crippen LogP contribution is -2.28. The van der Waals surface area contributed by atoms with Gasteiger partial charge in [0.05, 0.1) is 0 Å². The summed E-state index contributed by atoms with van der Waals surface area (Å²) in [6.45, 7) is 1.30. The van der Waals surface area contributed by atoms with Gasteiger partial charge in [-0.2, -0.15) is 0 Å². The second kappa shape index (κ2) is 4.61. The average molecular weight is 213 g/mol. The fourth-order valence-electron chi connectivity index (χ4n) is 0.793. The van der Waals surface area contributed by atoms with Crippen molar-refractivity contribution in [3.05, 3.63) is 28.3 Å². The van der Waals surface area contributed by atoms with Gasteiger partial charge in [0, 0.05) is 6.07 Å². The highest BCUT2D eigenvalue weighted by Crippen LogP contribution is 2.04. The first-order valence-electron chi connectivity index (χ1n) is 4.23. The summed E-state index contributed by atoms with van der Waals surface area (Å²) in [5.74, 6) is -0.935. The number of hydrogen-bond acceptors (Lipinski definition) is 6. The Morgan fingerprint density at radius 1 is 1.73 bits per heavy atom. The Morgan fingerprint density at radius 3 is 2.93 bits per heavy atom. The van der Waals surface area contributed by atoms with Crippen LogP contribution in [0.1, 0.15) is 12.7 Å². The van der Waals surface area contributed by atoms with E-state index in [9.17, 15) is 9.59 Å². The first kappa shape index (κ1) is 11.3. The number of aromatic hydroxyl groups is 1. The van der Waals surface area contributed by atoms with Crippen molar-refractivity contribution >= 4 is 5.97 Å². The molecule has 6 heteroatoms. The SMILES string of the molecule is C[C@H](N)C(=O)OCc1cc(=O)c(O)co1. The average Bonchev–Trinajstić information content (AvgIpc) is 2.19. The van der Waals surface area contributed by atoms with Crippen molar-refractivity contribution in [1.82, 2.24) is 0 Å². The zero-order valence-electron chi connectivity index (χ0n) is 8.10. The Bertz CT molecular complexity index is 409. The third kappa shape index (κ3) is 3.10. The van der Waals surface area contributed by atoms with Crippen molar-refractivity contribution in [2.75, 3.05) is 0 Å². The van der Waals surface area contributed by atoms with Gasteiger partial charge < -0.3 is 20.0 Å². The van der Waals surface area contributed by atoms with Gasteiger partial charge in [-0.1, -0.05) is 0 Å². The molecule has 0 radical (unpaired) electrons. The summed E-state index contributed by atoms with van der Waals surface area (Å²) in [5.41, 5.74) is 4.66. The molecule has 15 heavy (non-hydrogen) atoms. The number of esters is 1. The van der Waals surface area contributed by atoms with E-state index in [4.69, 9.17) is 20.0 Å². The van der Waals surface area contributed by atoms with Crippen molar-refractivity contribution in [1.29, 1.82) is 0 Å². The number of nitrogens with two attached hydrogens (primary N) is 1. The van der Waals surface area contributed by atoms with Crippen molar-refractivity contribution in [3.63, 3.8) is 0 Å². The van der Waals surface area contributed by atoms with Crippen LogP contribution in [0.4, 0.5) is 0 Å². The maximum Gasteiger partial charge on any atom is 0.323 e. The number of carbonyl (C=O) groups is 1. The van der Waals surface area contributed by atoms with Crippen LogP contribution in [0.5, 0.6) is 5.75 Å². The van der Waals surface area contributed by atoms with Crippen LogP contribution in [0.3, 0.4) is 0 Å². The Balaban J connectivity index is 2.63. The van der Waals surface area contributed by atoms with Gasteiger partial charge in [0.15, 0.2) is 5.75 Å². The number of rotatable bonds is 3. The second-order valence-corrected chi connectivity index (χ2v) is 2.99. The van der Waals surface area contributed by atoms with E-state index in [2.05, 4.69) is 0 Å². The Morgan fingerprint density at radius 2 is 2.40 bits per heavy atom. The minimum atomic E-state index is -0.728. The maximum atomic E-state index is 11.0. The lowest BCUT2D eigenvalue weighted by molar-refractivity contribution is -0.146. The smallest absolute Gasteiger partial charge is 0.323 e. The molecule has 1 rings (SSSR count). The van der Waals surface area contributed by atoms with Crippen molar-refractivity contribution in [3.8, 4) is 5.75 Å². The summed E-state index contributed by atoms with van der Waals surface area (Å²) in [4.78, 5) is 21.9. The topological polar surface area (TPSA) is 103 Å². The number of carbonyl (C=O) groups excluding carboxylic acids is 1. The molecule has 82 valence electrons. The molecule has 0 unspecified atom stereocenters. The van der Waals surface area contributed by atoms with Gasteiger partial charge in [0.2, 0.25) is 5.43 Å². The monoisotopic (exact) mass is 213 g/mol. The normalized spacial score (nSPS) is 12.1. The van der Waals surface area contributed by atoms with Crippen molar-refractivity contribution in [2.45, 2.75) is 19.6 Å². The molecule has 0 aromatic carbocycles. The van der Waals surface area contributed by atoms with Crippen LogP contribution in [0.15, 0.2) is 21.5 Å². The van der Waals surface area contributed by atoms with E-state index >= 15 is 0 Å². The highest BCUT2D eigenvalue weighted by molar-refractivity contribution is 5.74. The van der Waals surface area contributed by atoms with Gasteiger partial charge in [-0.05, 0) is 6.92 Å². The van der Waals surface area contributed by atoms with Crippen molar-refractivity contribution < 1.29 is 19.1 Å². The first-order valence-corrected chi connectivity index (χ1v) is 4.23. The van der Waals surface area contributed by atoms with Crippen LogP contribution < -0.4 is 11.2 Å². The fourth-order valence-corrected chi connectivity index (χ4v) is 0.793. The minimum Gasteiger partial charge on any atom is -0.502 e. The van der Waals surface area contributed by atoms with Gasteiger partial charge >= 0.3 is 5.97 Å². The third-order valence-electron chi connectivity index (χ3n) is 1.59. The van der Waals surface area contributed by atoms with E-state index in [0.29, 0.717) is 0 Å². The predicted molar refractivity (Wildman–Crippen MR) is 50.1 cm³/mol. The van der Waals surface area contributed by atoms with E-state index in [0.717, 1.165) is 12.3 Å². The first-order chi connectivity index (χ1) is 7.00. The molecule has 1 atom stereocenters. The lowest BCUT2D eigenvalue weighted by atomic mass is 10.3. The molecule has 1 aromatic rings. The number of ether oxygens (including phenoxy) is 1. The van der Waals surface area contributed by atoms with Gasteiger partial charge in [0.1, 0.15) is 24.7 Å². The summed E-state index contributed by atoms with van der Waals surface area (Å²) < 4.78 is 9.51. The summed E-state index contributed by atoms with van der Waals surface area (Å²) in [6.07, 6.45) is 0.886. The van der Waals surface area contributed by atoms with Gasteiger partial charge in [0.25, 0.3) is 0 Å². The molecule has 1 heterocycles. The molecule has 6 nitrogen and oxygen atoms in total. The fraction of sp³-hybridized carbons (Fsp3) is 0.333. The van der Waals surface area contributed by atoms with Crippen molar-refractivity contribution in [2.24, 2.45) is 5.73 Å². The van der Waals surface area contributed by atoms with Crippen LogP contribution in [-0.2, 0) is 16.1 Å². The standard InChI is InChI=1S/C9H11NO5/c1-5(10)9(13)15-3-6-2-7(11)8(12)4-14-6/h2,4-5,12H,3,10H2,1H3/t5-/m0/s1. The Kier molecular flexibility index (Phi) is 3.46. The molecule has 0 aliphatic carbocycles. The van der Waals surface area contributed by atoms with Crippen LogP contribution in [0.2, 0.25) is 0 Å². The Labute approximate surface area is 85.3 Å². The molecule has 0 amide bonds. The summed E-state index contributed by atoms with van der Waals surface area (Å²) in [5, 5.41) is 8.88. The zero-order chi connectivity index (χ0) is 11.4. The van der Waals surface area contributed by atoms with Gasteiger partial charge in [-0.3, -0.25) is 9.59 Å². The van der Waals surface area contributed by atoms with Crippen LogP contribution in [-0.4, -0.2) is 17.1 Å². The molecule has 0 aliphatic heterocycles. The van der Waals surface area contributed by atoms with E-state index < -0.39 is 23.2 Å². The van der Waals surface area contributed by atoms with E-state index in [1.807, 2.05) is 0 Å². The predicted octanol–water partition coefficient (Wildman–Crippen LogP) is -0.264. The molecule has 0 fully saturated rings. The largest absolute Gasteiger partial charge is 0.502 e. The van der Waals surface area contributed by atoms with E-state index in [-0.39, 0.29) is 12.4 Å². The van der Waals surface area contributed by atoms with E-state index in [1.165, 1.54) is 6.92 Å². The maximum absolute atomic E-state index is 11.0. The van der Waals surface area contributed by atoms with Crippen LogP contribution >= 0.6 is 0 Å². The Hall–Kier alpha value is -1.82. The summed E-state index contributed by atoms with van der Waals surface area (Å²) >= 11 is 0. The lowest BCUT2D eigenvalue weighted by Gasteiger charge is -2.05. The third-order valence-corrected chi connectivity index (χ3v) is 1.59. The highest BCUT2D eigenvalue weighted by atomic mass is 16.5. The molecule has 0 aliphatic rings. The molecule has 3 N–H and O–H groups in total. The molecule has 0 spiro atoms. The van der Waals surface area contributed by atoms with Gasteiger partial charge in [-0.15, -0.1) is 0 Å². The molecular weight excluding hydrogens is 202 g/mol. The quantitative estimate of drug-likeness (QED) is 0.670. The van der Waals surface area contributed by atoms with Crippen LogP contribution in [0.25, 0.3) is 0 Å². The highest BCUT2D eigenvalue weighted by Gasteiger charge is 2.10. The second-order valence-electron chi connectivity index (χ2n) is 2.99. The molecule has 0 saturated heterocycles. The van der Waals surface area contributed by atoms with Gasteiger partial charge in [-0.25, -0.2) is 0 Å².